The summed E-state index contributed by atoms with van der Waals surface area (Å²) >= 11 is 1.59. The van der Waals surface area contributed by atoms with E-state index in [-0.39, 0.29) is 16.6 Å². The van der Waals surface area contributed by atoms with E-state index in [1.54, 1.807) is 11.3 Å². The second-order valence-electron chi connectivity index (χ2n) is 5.97. The van der Waals surface area contributed by atoms with Crippen LogP contribution >= 0.6 is 11.3 Å². The Labute approximate surface area is 120 Å². The van der Waals surface area contributed by atoms with Gasteiger partial charge in [-0.2, -0.15) is 0 Å². The maximum absolute atomic E-state index is 12.3. The molecule has 1 aromatic rings. The Morgan fingerprint density at radius 1 is 1.58 bits per heavy atom. The molecule has 1 saturated carbocycles. The van der Waals surface area contributed by atoms with Crippen molar-refractivity contribution in [1.82, 2.24) is 4.72 Å². The number of hydrogen-bond acceptors (Lipinski definition) is 3. The summed E-state index contributed by atoms with van der Waals surface area (Å²) in [6, 6.07) is 2.07. The average Bonchev–Trinajstić information content (AvgIpc) is 3.00. The normalized spacial score (nSPS) is 19.1. The number of thiophene rings is 1. The predicted molar refractivity (Wildman–Crippen MR) is 81.8 cm³/mol. The first-order valence-electron chi connectivity index (χ1n) is 6.40. The van der Waals surface area contributed by atoms with E-state index in [0.717, 1.165) is 10.4 Å². The SMILES string of the molecule is CC(C)(C)S(=O)N[C@@H](c1cc(C(=N)N)cs1)C1CC1. The number of nitrogens with two attached hydrogens (primary N) is 1. The Hall–Kier alpha value is -0.720. The molecule has 0 aromatic carbocycles. The summed E-state index contributed by atoms with van der Waals surface area (Å²) in [5, 5.41) is 9.36. The van der Waals surface area contributed by atoms with Gasteiger partial charge in [0.15, 0.2) is 0 Å². The van der Waals surface area contributed by atoms with Crippen molar-refractivity contribution in [3.63, 3.8) is 0 Å². The van der Waals surface area contributed by atoms with E-state index in [1.807, 2.05) is 32.2 Å². The summed E-state index contributed by atoms with van der Waals surface area (Å²) in [5.41, 5.74) is 6.26. The molecule has 19 heavy (non-hydrogen) atoms. The third-order valence-electron chi connectivity index (χ3n) is 3.12. The van der Waals surface area contributed by atoms with Crippen molar-refractivity contribution in [1.29, 1.82) is 5.41 Å². The molecule has 1 aliphatic rings. The highest BCUT2D eigenvalue weighted by molar-refractivity contribution is 7.84. The van der Waals surface area contributed by atoms with Crippen molar-refractivity contribution in [3.05, 3.63) is 21.9 Å². The molecule has 0 aliphatic heterocycles. The quantitative estimate of drug-likeness (QED) is 0.577. The highest BCUT2D eigenvalue weighted by Gasteiger charge is 2.36. The Morgan fingerprint density at radius 2 is 2.21 bits per heavy atom. The van der Waals surface area contributed by atoms with Gasteiger partial charge in [0.25, 0.3) is 0 Å². The van der Waals surface area contributed by atoms with Gasteiger partial charge >= 0.3 is 0 Å². The van der Waals surface area contributed by atoms with Crippen LogP contribution in [0.15, 0.2) is 11.4 Å². The first-order valence-corrected chi connectivity index (χ1v) is 8.43. The van der Waals surface area contributed by atoms with E-state index in [1.165, 1.54) is 12.8 Å². The van der Waals surface area contributed by atoms with Gasteiger partial charge in [0.2, 0.25) is 0 Å². The number of hydrogen-bond donors (Lipinski definition) is 3. The van der Waals surface area contributed by atoms with Crippen molar-refractivity contribution >= 4 is 28.2 Å². The molecule has 4 N–H and O–H groups in total. The van der Waals surface area contributed by atoms with Gasteiger partial charge in [0.05, 0.1) is 21.8 Å². The molecule has 1 aliphatic carbocycles. The smallest absolute Gasteiger partial charge is 0.123 e. The first kappa shape index (κ1) is 14.7. The van der Waals surface area contributed by atoms with E-state index in [4.69, 9.17) is 11.1 Å². The van der Waals surface area contributed by atoms with Crippen LogP contribution in [0.2, 0.25) is 0 Å². The molecule has 1 fully saturated rings. The second kappa shape index (κ2) is 5.34. The zero-order valence-corrected chi connectivity index (χ0v) is 13.2. The van der Waals surface area contributed by atoms with Crippen LogP contribution in [0, 0.1) is 11.3 Å². The average molecular weight is 299 g/mol. The predicted octanol–water partition coefficient (Wildman–Crippen LogP) is 2.54. The Bertz CT molecular complexity index is 500. The van der Waals surface area contributed by atoms with Crippen LogP contribution in [-0.2, 0) is 11.0 Å². The van der Waals surface area contributed by atoms with E-state index in [0.29, 0.717) is 5.92 Å². The minimum Gasteiger partial charge on any atom is -0.384 e. The molecule has 106 valence electrons. The lowest BCUT2D eigenvalue weighted by Gasteiger charge is -2.23. The molecule has 0 bridgehead atoms. The van der Waals surface area contributed by atoms with Crippen molar-refractivity contribution in [3.8, 4) is 0 Å². The first-order chi connectivity index (χ1) is 8.79. The van der Waals surface area contributed by atoms with Crippen molar-refractivity contribution < 1.29 is 4.21 Å². The van der Waals surface area contributed by atoms with Crippen molar-refractivity contribution in [2.24, 2.45) is 11.7 Å². The Balaban J connectivity index is 2.16. The number of nitrogen functional groups attached to an aromatic ring is 1. The third kappa shape index (κ3) is 3.64. The van der Waals surface area contributed by atoms with Gasteiger partial charge in [-0.3, -0.25) is 5.41 Å². The lowest BCUT2D eigenvalue weighted by molar-refractivity contribution is 0.563. The minimum atomic E-state index is -1.08. The molecule has 4 nitrogen and oxygen atoms in total. The Kier molecular flexibility index (Phi) is 4.13. The van der Waals surface area contributed by atoms with Gasteiger partial charge in [0.1, 0.15) is 5.84 Å². The van der Waals surface area contributed by atoms with E-state index in [9.17, 15) is 4.21 Å². The largest absolute Gasteiger partial charge is 0.384 e. The summed E-state index contributed by atoms with van der Waals surface area (Å²) < 4.78 is 15.2. The molecule has 0 amide bonds. The standard InChI is InChI=1S/C13H21N3OS2/c1-13(2,3)19(17)16-11(8-4-5-8)10-6-9(7-18-10)12(14)15/h6-8,11,16H,4-5H2,1-3H3,(H3,14,15)/t11-,19?/m1/s1. The van der Waals surface area contributed by atoms with Gasteiger partial charge in [-0.25, -0.2) is 8.93 Å². The number of rotatable bonds is 5. The molecule has 1 aromatic heterocycles. The highest BCUT2D eigenvalue weighted by Crippen LogP contribution is 2.43. The summed E-state index contributed by atoms with van der Waals surface area (Å²) in [5.74, 6) is 0.652. The summed E-state index contributed by atoms with van der Waals surface area (Å²) in [4.78, 5) is 1.13. The lowest BCUT2D eigenvalue weighted by Crippen LogP contribution is -2.36. The van der Waals surface area contributed by atoms with Gasteiger partial charge in [-0.15, -0.1) is 11.3 Å². The monoisotopic (exact) mass is 299 g/mol. The summed E-state index contributed by atoms with van der Waals surface area (Å²) in [7, 11) is -1.08. The zero-order chi connectivity index (χ0) is 14.2. The molecule has 1 unspecified atom stereocenters. The molecule has 2 atom stereocenters. The molecule has 2 rings (SSSR count). The fourth-order valence-electron chi connectivity index (χ4n) is 1.77. The van der Waals surface area contributed by atoms with E-state index in [2.05, 4.69) is 4.72 Å². The van der Waals surface area contributed by atoms with Crippen LogP contribution in [0.4, 0.5) is 0 Å². The van der Waals surface area contributed by atoms with Gasteiger partial charge in [0, 0.05) is 15.8 Å². The van der Waals surface area contributed by atoms with Gasteiger partial charge in [-0.05, 0) is 45.6 Å². The molecule has 0 spiro atoms. The molecular weight excluding hydrogens is 278 g/mol. The molecule has 0 radical (unpaired) electrons. The van der Waals surface area contributed by atoms with Gasteiger partial charge in [-0.1, -0.05) is 0 Å². The topological polar surface area (TPSA) is 79.0 Å². The van der Waals surface area contributed by atoms with Crippen molar-refractivity contribution in [2.45, 2.75) is 44.4 Å². The molecule has 0 saturated heterocycles. The number of nitrogens with one attached hydrogen (secondary N) is 2. The summed E-state index contributed by atoms with van der Waals surface area (Å²) in [6.45, 7) is 5.90. The molecule has 1 heterocycles. The second-order valence-corrected chi connectivity index (χ2v) is 8.91. The fourth-order valence-corrected chi connectivity index (χ4v) is 3.79. The maximum Gasteiger partial charge on any atom is 0.123 e. The van der Waals surface area contributed by atoms with Crippen molar-refractivity contribution in [2.75, 3.05) is 0 Å². The van der Waals surface area contributed by atoms with Crippen LogP contribution in [0.25, 0.3) is 0 Å². The van der Waals surface area contributed by atoms with E-state index >= 15 is 0 Å². The van der Waals surface area contributed by atoms with Crippen LogP contribution in [-0.4, -0.2) is 14.8 Å². The van der Waals surface area contributed by atoms with Gasteiger partial charge < -0.3 is 5.73 Å². The molecular formula is C13H21N3OS2. The third-order valence-corrected chi connectivity index (χ3v) is 5.72. The van der Waals surface area contributed by atoms with Crippen LogP contribution in [0.5, 0.6) is 0 Å². The van der Waals surface area contributed by atoms with E-state index < -0.39 is 11.0 Å². The summed E-state index contributed by atoms with van der Waals surface area (Å²) in [6.07, 6.45) is 2.35. The van der Waals surface area contributed by atoms with Crippen LogP contribution in [0.1, 0.15) is 50.1 Å². The lowest BCUT2D eigenvalue weighted by atomic mass is 10.1. The maximum atomic E-state index is 12.3. The Morgan fingerprint density at radius 3 is 2.63 bits per heavy atom. The highest BCUT2D eigenvalue weighted by atomic mass is 32.2. The van der Waals surface area contributed by atoms with Crippen LogP contribution < -0.4 is 10.5 Å². The zero-order valence-electron chi connectivity index (χ0n) is 11.5. The number of amidine groups is 1. The van der Waals surface area contributed by atoms with Crippen LogP contribution in [0.3, 0.4) is 0 Å². The minimum absolute atomic E-state index is 0.0917. The fraction of sp³-hybridized carbons (Fsp3) is 0.615. The molecule has 6 heteroatoms.